The molecule has 6 nitrogen and oxygen atoms in total. The number of pyridine rings is 2. The highest BCUT2D eigenvalue weighted by atomic mass is 35.5. The number of hydrogen-bond acceptors (Lipinski definition) is 6. The lowest BCUT2D eigenvalue weighted by Crippen LogP contribution is -2.31. The maximum Gasteiger partial charge on any atom is 0.253 e. The Morgan fingerprint density at radius 3 is 2.74 bits per heavy atom. The van der Waals surface area contributed by atoms with E-state index < -0.39 is 0 Å². The molecule has 1 aromatic carbocycles. The Morgan fingerprint density at radius 2 is 1.94 bits per heavy atom. The van der Waals surface area contributed by atoms with Crippen molar-refractivity contribution in [1.29, 1.82) is 0 Å². The van der Waals surface area contributed by atoms with Crippen LogP contribution in [0.15, 0.2) is 71.9 Å². The van der Waals surface area contributed by atoms with Crippen molar-refractivity contribution in [3.05, 3.63) is 111 Å². The minimum absolute atomic E-state index is 0.209. The Hall–Kier alpha value is -3.13. The van der Waals surface area contributed by atoms with Gasteiger partial charge in [-0.2, -0.15) is 0 Å². The first kappa shape index (κ1) is 23.6. The molecule has 0 bridgehead atoms. The molecule has 0 saturated carbocycles. The van der Waals surface area contributed by atoms with Crippen molar-refractivity contribution in [2.75, 3.05) is 0 Å². The number of carbonyl (C=O) groups excluding carboxylic acids is 1. The van der Waals surface area contributed by atoms with E-state index in [0.717, 1.165) is 43.6 Å². The van der Waals surface area contributed by atoms with Crippen molar-refractivity contribution in [3.63, 3.8) is 0 Å². The Kier molecular flexibility index (Phi) is 7.47. The quantitative estimate of drug-likeness (QED) is 0.339. The topological polar surface area (TPSA) is 71.0 Å². The van der Waals surface area contributed by atoms with Crippen molar-refractivity contribution in [3.8, 4) is 0 Å². The highest BCUT2D eigenvalue weighted by molar-refractivity contribution is 7.07. The second kappa shape index (κ2) is 11.1. The molecule has 0 saturated heterocycles. The average Bonchev–Trinajstić information content (AvgIpc) is 3.41. The fourth-order valence-electron chi connectivity index (χ4n) is 4.57. The van der Waals surface area contributed by atoms with E-state index in [4.69, 9.17) is 16.6 Å². The molecule has 1 unspecified atom stereocenters. The normalized spacial score (nSPS) is 15.1. The van der Waals surface area contributed by atoms with Crippen LogP contribution in [0, 0.1) is 0 Å². The number of nitrogens with one attached hydrogen (secondary N) is 1. The zero-order valence-corrected chi connectivity index (χ0v) is 20.8. The van der Waals surface area contributed by atoms with Gasteiger partial charge in [0.1, 0.15) is 0 Å². The van der Waals surface area contributed by atoms with Gasteiger partial charge < -0.3 is 5.32 Å². The number of amides is 1. The van der Waals surface area contributed by atoms with Gasteiger partial charge in [-0.15, -0.1) is 11.3 Å². The molecule has 1 N–H and O–H groups in total. The summed E-state index contributed by atoms with van der Waals surface area (Å²) in [5, 5.41) is 5.40. The van der Waals surface area contributed by atoms with Crippen LogP contribution >= 0.6 is 22.9 Å². The van der Waals surface area contributed by atoms with Gasteiger partial charge in [-0.05, 0) is 48.1 Å². The van der Waals surface area contributed by atoms with E-state index >= 15 is 0 Å². The number of carbonyl (C=O) groups is 1. The molecule has 35 heavy (non-hydrogen) atoms. The molecule has 3 heterocycles. The molecule has 1 amide bonds. The molecular formula is C27H26ClN5OS. The van der Waals surface area contributed by atoms with Gasteiger partial charge in [0.15, 0.2) is 0 Å². The van der Waals surface area contributed by atoms with Crippen LogP contribution in [0.1, 0.15) is 57.3 Å². The maximum atomic E-state index is 12.4. The highest BCUT2D eigenvalue weighted by Crippen LogP contribution is 2.34. The molecule has 0 spiro atoms. The molecule has 3 aromatic heterocycles. The lowest BCUT2D eigenvalue weighted by Gasteiger charge is -2.34. The minimum Gasteiger partial charge on any atom is -0.348 e. The summed E-state index contributed by atoms with van der Waals surface area (Å²) >= 11 is 7.71. The lowest BCUT2D eigenvalue weighted by atomic mass is 9.90. The minimum atomic E-state index is -0.209. The number of aromatic nitrogens is 3. The van der Waals surface area contributed by atoms with Gasteiger partial charge in [-0.1, -0.05) is 41.9 Å². The molecule has 0 aliphatic heterocycles. The van der Waals surface area contributed by atoms with E-state index in [9.17, 15) is 4.79 Å². The van der Waals surface area contributed by atoms with Gasteiger partial charge in [-0.25, -0.2) is 4.98 Å². The first-order valence-electron chi connectivity index (χ1n) is 11.7. The fourth-order valence-corrected chi connectivity index (χ4v) is 5.33. The zero-order valence-electron chi connectivity index (χ0n) is 19.2. The third-order valence-corrected chi connectivity index (χ3v) is 7.27. The Bertz CT molecular complexity index is 1280. The molecule has 5 rings (SSSR count). The number of benzene rings is 1. The summed E-state index contributed by atoms with van der Waals surface area (Å²) in [7, 11) is 0. The average molecular weight is 504 g/mol. The third kappa shape index (κ3) is 5.75. The van der Waals surface area contributed by atoms with Crippen LogP contribution in [0.3, 0.4) is 0 Å². The second-order valence-electron chi connectivity index (χ2n) is 8.70. The lowest BCUT2D eigenvalue weighted by molar-refractivity contribution is 0.0951. The van der Waals surface area contributed by atoms with E-state index in [1.807, 2.05) is 17.8 Å². The van der Waals surface area contributed by atoms with Crippen LogP contribution in [-0.4, -0.2) is 25.8 Å². The van der Waals surface area contributed by atoms with E-state index in [2.05, 4.69) is 55.9 Å². The van der Waals surface area contributed by atoms with Crippen LogP contribution in [0.2, 0.25) is 5.02 Å². The fraction of sp³-hybridized carbons (Fsp3) is 0.259. The van der Waals surface area contributed by atoms with Crippen molar-refractivity contribution in [2.45, 2.75) is 44.9 Å². The summed E-state index contributed by atoms with van der Waals surface area (Å²) in [4.78, 5) is 28.2. The summed E-state index contributed by atoms with van der Waals surface area (Å²) < 4.78 is 0. The molecule has 0 radical (unpaired) electrons. The number of thiazole rings is 1. The third-order valence-electron chi connectivity index (χ3n) is 6.33. The van der Waals surface area contributed by atoms with Gasteiger partial charge in [0.25, 0.3) is 5.91 Å². The maximum absolute atomic E-state index is 12.4. The predicted octanol–water partition coefficient (Wildman–Crippen LogP) is 5.60. The SMILES string of the molecule is O=C(NCc1ccc(CN(Cc2cscn2)C2CCCc3cccnc32)cc1)c1ccncc1Cl. The number of rotatable bonds is 8. The van der Waals surface area contributed by atoms with Crippen LogP contribution in [0.25, 0.3) is 0 Å². The van der Waals surface area contributed by atoms with E-state index in [-0.39, 0.29) is 11.9 Å². The van der Waals surface area contributed by atoms with Crippen molar-refractivity contribution in [1.82, 2.24) is 25.2 Å². The van der Waals surface area contributed by atoms with Crippen LogP contribution in [-0.2, 0) is 26.1 Å². The molecule has 1 aliphatic rings. The van der Waals surface area contributed by atoms with Crippen LogP contribution in [0.4, 0.5) is 0 Å². The first-order valence-corrected chi connectivity index (χ1v) is 13.0. The molecule has 0 fully saturated rings. The van der Waals surface area contributed by atoms with Crippen molar-refractivity contribution < 1.29 is 4.79 Å². The molecule has 4 aromatic rings. The van der Waals surface area contributed by atoms with Crippen molar-refractivity contribution >= 4 is 28.8 Å². The van der Waals surface area contributed by atoms with E-state index in [0.29, 0.717) is 17.1 Å². The zero-order chi connectivity index (χ0) is 24.0. The number of hydrogen-bond donors (Lipinski definition) is 1. The van der Waals surface area contributed by atoms with E-state index in [1.54, 1.807) is 23.6 Å². The number of aryl methyl sites for hydroxylation is 1. The summed E-state index contributed by atoms with van der Waals surface area (Å²) in [6.45, 7) is 2.02. The monoisotopic (exact) mass is 503 g/mol. The molecule has 178 valence electrons. The van der Waals surface area contributed by atoms with E-state index in [1.165, 1.54) is 23.0 Å². The van der Waals surface area contributed by atoms with Crippen LogP contribution < -0.4 is 5.32 Å². The Morgan fingerprint density at radius 1 is 1.09 bits per heavy atom. The van der Waals surface area contributed by atoms with Crippen LogP contribution in [0.5, 0.6) is 0 Å². The predicted molar refractivity (Wildman–Crippen MR) is 138 cm³/mol. The number of nitrogens with zero attached hydrogens (tertiary/aromatic N) is 4. The molecule has 8 heteroatoms. The number of fused-ring (bicyclic) bond motifs is 1. The van der Waals surface area contributed by atoms with Gasteiger partial charge >= 0.3 is 0 Å². The standard InChI is InChI=1S/C27H26ClN5OS/c28-24-14-29-12-10-23(24)27(34)31-13-19-6-8-20(9-7-19)15-33(16-22-17-35-18-32-22)25-5-1-3-21-4-2-11-30-26(21)25/h2,4,6-12,14,17-18,25H,1,3,5,13,15-16H2,(H,31,34). The first-order chi connectivity index (χ1) is 17.2. The smallest absolute Gasteiger partial charge is 0.253 e. The van der Waals surface area contributed by atoms with Crippen molar-refractivity contribution in [2.24, 2.45) is 0 Å². The molecular weight excluding hydrogens is 478 g/mol. The summed E-state index contributed by atoms with van der Waals surface area (Å²) in [5.41, 5.74) is 8.21. The number of halogens is 1. The highest BCUT2D eigenvalue weighted by Gasteiger charge is 2.27. The molecule has 1 aliphatic carbocycles. The summed E-state index contributed by atoms with van der Waals surface area (Å²) in [5.74, 6) is -0.209. The van der Waals surface area contributed by atoms with Gasteiger partial charge in [0.05, 0.1) is 33.5 Å². The Labute approximate surface area is 214 Å². The molecule has 1 atom stereocenters. The summed E-state index contributed by atoms with van der Waals surface area (Å²) in [6.07, 6.45) is 8.29. The second-order valence-corrected chi connectivity index (χ2v) is 9.82. The summed E-state index contributed by atoms with van der Waals surface area (Å²) in [6, 6.07) is 14.5. The largest absolute Gasteiger partial charge is 0.348 e. The van der Waals surface area contributed by atoms with Gasteiger partial charge in [0, 0.05) is 43.6 Å². The van der Waals surface area contributed by atoms with Gasteiger partial charge in [-0.3, -0.25) is 19.7 Å². The van der Waals surface area contributed by atoms with Gasteiger partial charge in [0.2, 0.25) is 0 Å². The Balaban J connectivity index is 1.28.